The zero-order chi connectivity index (χ0) is 21.4. The molecule has 0 spiro atoms. The van der Waals surface area contributed by atoms with E-state index in [1.807, 2.05) is 6.07 Å². The molecular formula is C20H19F3N4O2. The van der Waals surface area contributed by atoms with Crippen molar-refractivity contribution < 1.29 is 22.6 Å². The number of nitrogens with one attached hydrogen (secondary N) is 2. The van der Waals surface area contributed by atoms with Crippen molar-refractivity contribution in [2.24, 2.45) is 0 Å². The Balaban J connectivity index is 2.42. The van der Waals surface area contributed by atoms with E-state index in [1.165, 1.54) is 51.6 Å². The Morgan fingerprint density at radius 2 is 1.72 bits per heavy atom. The number of benzene rings is 2. The van der Waals surface area contributed by atoms with E-state index in [1.54, 1.807) is 6.92 Å². The number of nitriles is 1. The molecule has 1 heterocycles. The van der Waals surface area contributed by atoms with Gasteiger partial charge in [-0.05, 0) is 49.9 Å². The topological polar surface area (TPSA) is 83.0 Å². The van der Waals surface area contributed by atoms with Gasteiger partial charge in [-0.25, -0.2) is 4.98 Å². The fourth-order valence-electron chi connectivity index (χ4n) is 3.45. The first-order chi connectivity index (χ1) is 13.7. The van der Waals surface area contributed by atoms with Crippen molar-refractivity contribution in [1.29, 1.82) is 5.26 Å². The summed E-state index contributed by atoms with van der Waals surface area (Å²) >= 11 is 0. The van der Waals surface area contributed by atoms with E-state index in [4.69, 9.17) is 14.7 Å². The normalized spacial score (nSPS) is 13.7. The number of halogens is 3. The number of fused-ring (bicyclic) bond motifs is 1. The summed E-state index contributed by atoms with van der Waals surface area (Å²) in [5.41, 5.74) is -1.40. The van der Waals surface area contributed by atoms with Crippen molar-refractivity contribution in [3.8, 4) is 17.6 Å². The minimum absolute atomic E-state index is 0.00620. The van der Waals surface area contributed by atoms with E-state index in [0.717, 1.165) is 0 Å². The molecule has 152 valence electrons. The predicted octanol–water partition coefficient (Wildman–Crippen LogP) is 3.79. The van der Waals surface area contributed by atoms with Crippen molar-refractivity contribution in [2.75, 3.05) is 21.3 Å². The summed E-state index contributed by atoms with van der Waals surface area (Å²) in [6.45, 7) is 1.73. The predicted molar refractivity (Wildman–Crippen MR) is 101 cm³/mol. The van der Waals surface area contributed by atoms with E-state index >= 15 is 0 Å². The van der Waals surface area contributed by atoms with Crippen LogP contribution in [0.25, 0.3) is 11.0 Å². The van der Waals surface area contributed by atoms with Gasteiger partial charge in [-0.3, -0.25) is 5.32 Å². The molecule has 0 bridgehead atoms. The van der Waals surface area contributed by atoms with E-state index in [-0.39, 0.29) is 17.1 Å². The van der Waals surface area contributed by atoms with E-state index in [0.29, 0.717) is 22.2 Å². The maximum Gasteiger partial charge on any atom is 0.418 e. The van der Waals surface area contributed by atoms with Gasteiger partial charge in [0.1, 0.15) is 17.3 Å². The van der Waals surface area contributed by atoms with Crippen LogP contribution in [0.4, 0.5) is 13.2 Å². The highest BCUT2D eigenvalue weighted by Crippen LogP contribution is 2.50. The highest BCUT2D eigenvalue weighted by atomic mass is 19.4. The second-order valence-corrected chi connectivity index (χ2v) is 6.47. The molecule has 3 aromatic rings. The first-order valence-corrected chi connectivity index (χ1v) is 8.61. The van der Waals surface area contributed by atoms with E-state index in [2.05, 4.69) is 15.3 Å². The zero-order valence-corrected chi connectivity index (χ0v) is 16.2. The maximum atomic E-state index is 14.7. The third-order valence-corrected chi connectivity index (χ3v) is 4.79. The highest BCUT2D eigenvalue weighted by Gasteiger charge is 2.61. The number of hydrogen-bond donors (Lipinski definition) is 2. The van der Waals surface area contributed by atoms with Crippen molar-refractivity contribution in [1.82, 2.24) is 15.3 Å². The lowest BCUT2D eigenvalue weighted by Crippen LogP contribution is -2.54. The number of nitrogens with zero attached hydrogens (tertiary/aromatic N) is 2. The average Bonchev–Trinajstić information content (AvgIpc) is 3.11. The number of rotatable bonds is 5. The van der Waals surface area contributed by atoms with E-state index < -0.39 is 17.5 Å². The molecule has 6 nitrogen and oxygen atoms in total. The number of H-pyrrole nitrogens is 1. The molecule has 3 rings (SSSR count). The molecule has 0 aliphatic heterocycles. The minimum atomic E-state index is -4.82. The highest BCUT2D eigenvalue weighted by molar-refractivity contribution is 5.77. The average molecular weight is 404 g/mol. The van der Waals surface area contributed by atoms with E-state index in [9.17, 15) is 13.2 Å². The molecule has 2 aromatic carbocycles. The van der Waals surface area contributed by atoms with Gasteiger partial charge in [-0.1, -0.05) is 0 Å². The number of ether oxygens (including phenoxy) is 2. The molecule has 0 saturated heterocycles. The third-order valence-electron chi connectivity index (χ3n) is 4.79. The maximum absolute atomic E-state index is 14.7. The van der Waals surface area contributed by atoms with Gasteiger partial charge in [0.15, 0.2) is 0 Å². The van der Waals surface area contributed by atoms with Gasteiger partial charge in [0.25, 0.3) is 0 Å². The Kier molecular flexibility index (Phi) is 5.15. The largest absolute Gasteiger partial charge is 0.496 e. The fraction of sp³-hybridized carbons (Fsp3) is 0.300. The number of alkyl halides is 3. The summed E-state index contributed by atoms with van der Waals surface area (Å²) in [5, 5.41) is 11.5. The van der Waals surface area contributed by atoms with Gasteiger partial charge in [0, 0.05) is 0 Å². The van der Waals surface area contributed by atoms with Crippen LogP contribution in [0.15, 0.2) is 30.3 Å². The van der Waals surface area contributed by atoms with Crippen LogP contribution in [-0.2, 0) is 5.54 Å². The van der Waals surface area contributed by atoms with Gasteiger partial charge in [-0.2, -0.15) is 18.4 Å². The lowest BCUT2D eigenvalue weighted by Gasteiger charge is -2.36. The lowest BCUT2D eigenvalue weighted by molar-refractivity contribution is -0.188. The SMILES string of the molecule is CNC(c1nc2ccc(C#N)cc2[nH]1)(c1c(OC)cc(C)cc1OC)C(F)(F)F. The molecule has 0 amide bonds. The molecular weight excluding hydrogens is 385 g/mol. The Bertz CT molecular complexity index is 1080. The second kappa shape index (κ2) is 7.29. The van der Waals surface area contributed by atoms with Gasteiger partial charge >= 0.3 is 6.18 Å². The summed E-state index contributed by atoms with van der Waals surface area (Å²) in [6, 6.07) is 9.41. The van der Waals surface area contributed by atoms with Gasteiger partial charge in [0.2, 0.25) is 5.54 Å². The molecule has 9 heteroatoms. The summed E-state index contributed by atoms with van der Waals surface area (Å²) in [6.07, 6.45) is -4.82. The van der Waals surface area contributed by atoms with Crippen LogP contribution in [0.2, 0.25) is 0 Å². The second-order valence-electron chi connectivity index (χ2n) is 6.47. The summed E-state index contributed by atoms with van der Waals surface area (Å²) in [4.78, 5) is 6.92. The third kappa shape index (κ3) is 3.15. The number of aryl methyl sites for hydroxylation is 1. The van der Waals surface area contributed by atoms with Crippen molar-refractivity contribution in [2.45, 2.75) is 18.6 Å². The number of aromatic amines is 1. The number of methoxy groups -OCH3 is 2. The Labute approximate surface area is 165 Å². The zero-order valence-electron chi connectivity index (χ0n) is 16.2. The van der Waals surface area contributed by atoms with Crippen molar-refractivity contribution in [3.05, 3.63) is 52.8 Å². The van der Waals surface area contributed by atoms with Crippen LogP contribution < -0.4 is 14.8 Å². The van der Waals surface area contributed by atoms with Crippen LogP contribution in [0.1, 0.15) is 22.5 Å². The van der Waals surface area contributed by atoms with Crippen LogP contribution in [0.3, 0.4) is 0 Å². The molecule has 1 unspecified atom stereocenters. The Morgan fingerprint density at radius 1 is 1.10 bits per heavy atom. The molecule has 29 heavy (non-hydrogen) atoms. The van der Waals surface area contributed by atoms with Crippen molar-refractivity contribution >= 4 is 11.0 Å². The standard InChI is InChI=1S/C20H19F3N4O2/c1-11-7-15(28-3)17(16(8-11)29-4)19(25-2,20(21,22)23)18-26-13-6-5-12(10-24)9-14(13)27-18/h5-9,25H,1-4H3,(H,26,27). The minimum Gasteiger partial charge on any atom is -0.496 e. The quantitative estimate of drug-likeness (QED) is 0.676. The number of aromatic nitrogens is 2. The van der Waals surface area contributed by atoms with Gasteiger partial charge in [-0.15, -0.1) is 0 Å². The Morgan fingerprint density at radius 3 is 2.21 bits per heavy atom. The first kappa shape index (κ1) is 20.5. The molecule has 0 fully saturated rings. The fourth-order valence-corrected chi connectivity index (χ4v) is 3.45. The van der Waals surface area contributed by atoms with Crippen LogP contribution in [-0.4, -0.2) is 37.4 Å². The van der Waals surface area contributed by atoms with Gasteiger partial charge in [0.05, 0.1) is 42.4 Å². The summed E-state index contributed by atoms with van der Waals surface area (Å²) < 4.78 is 54.6. The van der Waals surface area contributed by atoms with Crippen LogP contribution >= 0.6 is 0 Å². The van der Waals surface area contributed by atoms with Gasteiger partial charge < -0.3 is 14.5 Å². The summed E-state index contributed by atoms with van der Waals surface area (Å²) in [7, 11) is 3.79. The smallest absolute Gasteiger partial charge is 0.418 e. The molecule has 0 aliphatic rings. The lowest BCUT2D eigenvalue weighted by atomic mass is 9.85. The molecule has 2 N–H and O–H groups in total. The molecule has 1 aromatic heterocycles. The summed E-state index contributed by atoms with van der Waals surface area (Å²) in [5.74, 6) is -0.378. The van der Waals surface area contributed by atoms with Crippen LogP contribution in [0.5, 0.6) is 11.5 Å². The number of hydrogen-bond acceptors (Lipinski definition) is 5. The molecule has 0 saturated carbocycles. The molecule has 1 atom stereocenters. The Hall–Kier alpha value is -3.25. The van der Waals surface area contributed by atoms with Crippen molar-refractivity contribution in [3.63, 3.8) is 0 Å². The number of imidazole rings is 1. The monoisotopic (exact) mass is 404 g/mol. The first-order valence-electron chi connectivity index (χ1n) is 8.61. The molecule has 0 radical (unpaired) electrons. The molecule has 0 aliphatic carbocycles. The van der Waals surface area contributed by atoms with Crippen LogP contribution in [0, 0.1) is 18.3 Å².